The van der Waals surface area contributed by atoms with E-state index in [0.29, 0.717) is 12.0 Å². The predicted molar refractivity (Wildman–Crippen MR) is 48.9 cm³/mol. The Morgan fingerprint density at radius 2 is 2.33 bits per heavy atom. The molecule has 1 aliphatic carbocycles. The summed E-state index contributed by atoms with van der Waals surface area (Å²) in [5, 5.41) is 12.0. The summed E-state index contributed by atoms with van der Waals surface area (Å²) in [6, 6.07) is 0.334. The van der Waals surface area contributed by atoms with E-state index < -0.39 is 0 Å². The van der Waals surface area contributed by atoms with E-state index in [4.69, 9.17) is 10.8 Å². The van der Waals surface area contributed by atoms with Gasteiger partial charge < -0.3 is 16.2 Å². The molecule has 0 radical (unpaired) electrons. The highest BCUT2D eigenvalue weighted by Gasteiger charge is 2.27. The smallest absolute Gasteiger partial charge is 0.188 e. The molecule has 4 N–H and O–H groups in total. The predicted octanol–water partition coefficient (Wildman–Crippen LogP) is -0.176. The first-order valence-electron chi connectivity index (χ1n) is 4.47. The molecule has 0 aromatic carbocycles. The molecule has 1 rings (SSSR count). The van der Waals surface area contributed by atoms with Crippen LogP contribution in [-0.4, -0.2) is 29.8 Å². The van der Waals surface area contributed by atoms with E-state index in [2.05, 4.69) is 17.2 Å². The standard InChI is InChI=1S/C8H17N3O/c1-2-3-10-8(9)11-6-4-7(12)5-6/h6-7,12H,2-5H2,1H3,(H3,9,10,11). The van der Waals surface area contributed by atoms with Crippen molar-refractivity contribution < 1.29 is 5.11 Å². The number of nitrogens with two attached hydrogens (primary N) is 1. The first kappa shape index (κ1) is 9.32. The fourth-order valence-electron chi connectivity index (χ4n) is 1.19. The highest BCUT2D eigenvalue weighted by atomic mass is 16.3. The third-order valence-corrected chi connectivity index (χ3v) is 1.97. The van der Waals surface area contributed by atoms with Crippen molar-refractivity contribution in [1.29, 1.82) is 0 Å². The summed E-state index contributed by atoms with van der Waals surface area (Å²) in [7, 11) is 0. The molecule has 0 saturated heterocycles. The van der Waals surface area contributed by atoms with Crippen LogP contribution >= 0.6 is 0 Å². The largest absolute Gasteiger partial charge is 0.393 e. The summed E-state index contributed by atoms with van der Waals surface area (Å²) in [5.74, 6) is 0.508. The number of aliphatic imine (C=N–C) groups is 1. The summed E-state index contributed by atoms with van der Waals surface area (Å²) in [6.07, 6.45) is 2.46. The maximum Gasteiger partial charge on any atom is 0.188 e. The quantitative estimate of drug-likeness (QED) is 0.407. The molecule has 4 nitrogen and oxygen atoms in total. The Balaban J connectivity index is 2.13. The van der Waals surface area contributed by atoms with Crippen molar-refractivity contribution in [3.63, 3.8) is 0 Å². The molecule has 70 valence electrons. The zero-order chi connectivity index (χ0) is 8.97. The lowest BCUT2D eigenvalue weighted by molar-refractivity contribution is 0.0697. The number of nitrogens with zero attached hydrogens (tertiary/aromatic N) is 1. The maximum absolute atomic E-state index is 8.99. The van der Waals surface area contributed by atoms with Crippen molar-refractivity contribution in [2.24, 2.45) is 10.7 Å². The summed E-state index contributed by atoms with van der Waals surface area (Å²) in [4.78, 5) is 4.09. The Morgan fingerprint density at radius 1 is 1.67 bits per heavy atom. The van der Waals surface area contributed by atoms with Crippen LogP contribution in [0.15, 0.2) is 4.99 Å². The second-order valence-electron chi connectivity index (χ2n) is 3.23. The van der Waals surface area contributed by atoms with E-state index in [0.717, 1.165) is 25.8 Å². The summed E-state index contributed by atoms with van der Waals surface area (Å²) in [5.41, 5.74) is 5.57. The molecule has 1 aliphatic rings. The average Bonchev–Trinajstić information content (AvgIpc) is 1.98. The molecule has 0 aromatic rings. The number of rotatable bonds is 3. The molecule has 1 fully saturated rings. The van der Waals surface area contributed by atoms with Crippen molar-refractivity contribution in [3.05, 3.63) is 0 Å². The molecular formula is C8H17N3O. The van der Waals surface area contributed by atoms with Crippen molar-refractivity contribution in [2.45, 2.75) is 38.3 Å². The van der Waals surface area contributed by atoms with Gasteiger partial charge in [0, 0.05) is 12.6 Å². The minimum Gasteiger partial charge on any atom is -0.393 e. The molecule has 0 unspecified atom stereocenters. The Labute approximate surface area is 72.9 Å². The van der Waals surface area contributed by atoms with Crippen LogP contribution < -0.4 is 11.1 Å². The van der Waals surface area contributed by atoms with Crippen LogP contribution in [0.2, 0.25) is 0 Å². The molecule has 12 heavy (non-hydrogen) atoms. The van der Waals surface area contributed by atoms with Crippen LogP contribution in [-0.2, 0) is 0 Å². The summed E-state index contributed by atoms with van der Waals surface area (Å²) < 4.78 is 0. The van der Waals surface area contributed by atoms with Gasteiger partial charge in [0.2, 0.25) is 0 Å². The van der Waals surface area contributed by atoms with Gasteiger partial charge in [-0.15, -0.1) is 0 Å². The lowest BCUT2D eigenvalue weighted by Gasteiger charge is -2.32. The Kier molecular flexibility index (Phi) is 3.34. The molecule has 4 heteroatoms. The van der Waals surface area contributed by atoms with Gasteiger partial charge in [-0.25, -0.2) is 0 Å². The lowest BCUT2D eigenvalue weighted by Crippen LogP contribution is -2.49. The van der Waals surface area contributed by atoms with Gasteiger partial charge in [0.1, 0.15) is 0 Å². The minimum atomic E-state index is -0.138. The minimum absolute atomic E-state index is 0.138. The van der Waals surface area contributed by atoms with E-state index in [-0.39, 0.29) is 6.10 Å². The van der Waals surface area contributed by atoms with Crippen LogP contribution in [0.25, 0.3) is 0 Å². The maximum atomic E-state index is 8.99. The van der Waals surface area contributed by atoms with Gasteiger partial charge in [-0.3, -0.25) is 4.99 Å². The van der Waals surface area contributed by atoms with Crippen LogP contribution in [0, 0.1) is 0 Å². The van der Waals surface area contributed by atoms with Gasteiger partial charge in [0.15, 0.2) is 5.96 Å². The van der Waals surface area contributed by atoms with Gasteiger partial charge in [0.05, 0.1) is 6.10 Å². The van der Waals surface area contributed by atoms with Crippen LogP contribution in [0.1, 0.15) is 26.2 Å². The number of aliphatic hydroxyl groups excluding tert-OH is 1. The van der Waals surface area contributed by atoms with Crippen LogP contribution in [0.3, 0.4) is 0 Å². The number of nitrogens with one attached hydrogen (secondary N) is 1. The number of hydrogen-bond donors (Lipinski definition) is 3. The van der Waals surface area contributed by atoms with Crippen molar-refractivity contribution >= 4 is 5.96 Å². The Hall–Kier alpha value is -0.770. The molecular weight excluding hydrogens is 154 g/mol. The van der Waals surface area contributed by atoms with E-state index in [1.807, 2.05) is 0 Å². The first-order valence-corrected chi connectivity index (χ1v) is 4.47. The summed E-state index contributed by atoms with van der Waals surface area (Å²) in [6.45, 7) is 2.83. The summed E-state index contributed by atoms with van der Waals surface area (Å²) >= 11 is 0. The zero-order valence-electron chi connectivity index (χ0n) is 7.45. The monoisotopic (exact) mass is 171 g/mol. The van der Waals surface area contributed by atoms with Gasteiger partial charge in [0.25, 0.3) is 0 Å². The zero-order valence-corrected chi connectivity index (χ0v) is 7.45. The van der Waals surface area contributed by atoms with E-state index in [1.165, 1.54) is 0 Å². The number of hydrogen-bond acceptors (Lipinski definition) is 2. The Morgan fingerprint density at radius 3 is 2.83 bits per heavy atom. The fraction of sp³-hybridized carbons (Fsp3) is 0.875. The molecule has 0 aliphatic heterocycles. The first-order chi connectivity index (χ1) is 5.72. The second-order valence-corrected chi connectivity index (χ2v) is 3.23. The van der Waals surface area contributed by atoms with Gasteiger partial charge in [-0.1, -0.05) is 6.92 Å². The topological polar surface area (TPSA) is 70.6 Å². The molecule has 0 amide bonds. The third-order valence-electron chi connectivity index (χ3n) is 1.97. The van der Waals surface area contributed by atoms with Crippen molar-refractivity contribution in [3.8, 4) is 0 Å². The third kappa shape index (κ3) is 2.70. The van der Waals surface area contributed by atoms with E-state index >= 15 is 0 Å². The Bertz CT molecular complexity index is 164. The molecule has 0 atom stereocenters. The lowest BCUT2D eigenvalue weighted by atomic mass is 9.90. The number of guanidine groups is 1. The SMILES string of the molecule is CCCN=C(N)NC1CC(O)C1. The number of aliphatic hydroxyl groups is 1. The average molecular weight is 171 g/mol. The van der Waals surface area contributed by atoms with Gasteiger partial charge >= 0.3 is 0 Å². The van der Waals surface area contributed by atoms with E-state index in [9.17, 15) is 0 Å². The highest BCUT2D eigenvalue weighted by Crippen LogP contribution is 2.18. The molecule has 0 bridgehead atoms. The normalized spacial score (nSPS) is 29.7. The fourth-order valence-corrected chi connectivity index (χ4v) is 1.19. The van der Waals surface area contributed by atoms with Crippen LogP contribution in [0.5, 0.6) is 0 Å². The van der Waals surface area contributed by atoms with Gasteiger partial charge in [-0.2, -0.15) is 0 Å². The highest BCUT2D eigenvalue weighted by molar-refractivity contribution is 5.78. The molecule has 1 saturated carbocycles. The second kappa shape index (κ2) is 4.30. The molecule has 0 spiro atoms. The van der Waals surface area contributed by atoms with Crippen LogP contribution in [0.4, 0.5) is 0 Å². The molecule has 0 aromatic heterocycles. The van der Waals surface area contributed by atoms with Crippen molar-refractivity contribution in [2.75, 3.05) is 6.54 Å². The molecule has 0 heterocycles. The van der Waals surface area contributed by atoms with Gasteiger partial charge in [-0.05, 0) is 19.3 Å². The van der Waals surface area contributed by atoms with E-state index in [1.54, 1.807) is 0 Å². The van der Waals surface area contributed by atoms with Crippen molar-refractivity contribution in [1.82, 2.24) is 5.32 Å².